The molecule has 7 nitrogen and oxygen atoms in total. The minimum absolute atomic E-state index is 0.0512. The van der Waals surface area contributed by atoms with E-state index in [2.05, 4.69) is 20.0 Å². The standard InChI is InChI=1S/C22H24ClF2N5O2/c1-15(32-18-6-8-29(9-7-18)21-5-2-16(23)11-27-21)22(31,12-30-14-26-13-28-30)19-4-3-17(24)10-20(19)25/h2-5,10-11,13-15,18,31H,6-9,12H2,1H3/t15-,22-/m1/s1. The maximum atomic E-state index is 14.7. The number of ether oxygens (including phenoxy) is 1. The summed E-state index contributed by atoms with van der Waals surface area (Å²) in [6.07, 6.45) is 4.85. The fourth-order valence-electron chi connectivity index (χ4n) is 4.01. The lowest BCUT2D eigenvalue weighted by atomic mass is 9.87. The monoisotopic (exact) mass is 463 g/mol. The van der Waals surface area contributed by atoms with Gasteiger partial charge in [0.2, 0.25) is 0 Å². The Morgan fingerprint density at radius 3 is 2.66 bits per heavy atom. The van der Waals surface area contributed by atoms with Crippen LogP contribution in [0.25, 0.3) is 0 Å². The van der Waals surface area contributed by atoms with Crippen LogP contribution < -0.4 is 4.90 Å². The largest absolute Gasteiger partial charge is 0.380 e. The zero-order valence-corrected chi connectivity index (χ0v) is 18.3. The van der Waals surface area contributed by atoms with E-state index in [1.54, 1.807) is 19.2 Å². The average Bonchev–Trinajstić information content (AvgIpc) is 3.27. The van der Waals surface area contributed by atoms with Crippen molar-refractivity contribution in [3.8, 4) is 0 Å². The number of hydrogen-bond acceptors (Lipinski definition) is 6. The maximum Gasteiger partial charge on any atom is 0.138 e. The van der Waals surface area contributed by atoms with E-state index in [4.69, 9.17) is 16.3 Å². The molecule has 2 aromatic heterocycles. The van der Waals surface area contributed by atoms with Crippen LogP contribution in [0.15, 0.2) is 49.2 Å². The number of benzene rings is 1. The predicted molar refractivity (Wildman–Crippen MR) is 115 cm³/mol. The number of hydrogen-bond donors (Lipinski definition) is 1. The van der Waals surface area contributed by atoms with Gasteiger partial charge in [-0.05, 0) is 38.0 Å². The van der Waals surface area contributed by atoms with E-state index in [9.17, 15) is 13.9 Å². The molecule has 1 aliphatic heterocycles. The zero-order chi connectivity index (χ0) is 22.7. The van der Waals surface area contributed by atoms with Gasteiger partial charge in [0, 0.05) is 30.9 Å². The molecule has 170 valence electrons. The zero-order valence-electron chi connectivity index (χ0n) is 17.5. The molecule has 1 aromatic carbocycles. The van der Waals surface area contributed by atoms with Gasteiger partial charge in [0.05, 0.1) is 23.8 Å². The molecule has 0 radical (unpaired) electrons. The van der Waals surface area contributed by atoms with Gasteiger partial charge in [0.1, 0.15) is 35.7 Å². The molecule has 2 atom stereocenters. The van der Waals surface area contributed by atoms with Crippen molar-refractivity contribution in [3.05, 3.63) is 71.4 Å². The Balaban J connectivity index is 1.48. The molecule has 0 aliphatic carbocycles. The molecule has 4 rings (SSSR count). The van der Waals surface area contributed by atoms with Crippen LogP contribution in [0.3, 0.4) is 0 Å². The Bertz CT molecular complexity index is 1030. The number of aliphatic hydroxyl groups is 1. The molecule has 0 unspecified atom stereocenters. The Hall–Kier alpha value is -2.62. The number of pyridine rings is 1. The van der Waals surface area contributed by atoms with Crippen LogP contribution in [0.5, 0.6) is 0 Å². The van der Waals surface area contributed by atoms with E-state index < -0.39 is 23.3 Å². The number of anilines is 1. The highest BCUT2D eigenvalue weighted by Gasteiger charge is 2.41. The van der Waals surface area contributed by atoms with Gasteiger partial charge >= 0.3 is 0 Å². The second-order valence-corrected chi connectivity index (χ2v) is 8.38. The van der Waals surface area contributed by atoms with Crippen molar-refractivity contribution in [2.45, 2.75) is 44.1 Å². The molecule has 0 bridgehead atoms. The molecule has 0 amide bonds. The van der Waals surface area contributed by atoms with E-state index in [0.29, 0.717) is 17.9 Å². The molecular formula is C22H24ClF2N5O2. The molecule has 32 heavy (non-hydrogen) atoms. The molecular weight excluding hydrogens is 440 g/mol. The van der Waals surface area contributed by atoms with Crippen LogP contribution in [0.2, 0.25) is 5.02 Å². The quantitative estimate of drug-likeness (QED) is 0.577. The Morgan fingerprint density at radius 1 is 1.25 bits per heavy atom. The summed E-state index contributed by atoms with van der Waals surface area (Å²) in [5.74, 6) is -0.713. The summed E-state index contributed by atoms with van der Waals surface area (Å²) in [7, 11) is 0. The normalized spacial score (nSPS) is 17.8. The second-order valence-electron chi connectivity index (χ2n) is 7.94. The number of aromatic nitrogens is 4. The maximum absolute atomic E-state index is 14.7. The molecule has 1 N–H and O–H groups in total. The van der Waals surface area contributed by atoms with Gasteiger partial charge in [-0.3, -0.25) is 0 Å². The minimum Gasteiger partial charge on any atom is -0.380 e. The number of rotatable bonds is 7. The summed E-state index contributed by atoms with van der Waals surface area (Å²) in [6, 6.07) is 6.80. The fourth-order valence-corrected chi connectivity index (χ4v) is 4.12. The highest BCUT2D eigenvalue weighted by molar-refractivity contribution is 6.30. The summed E-state index contributed by atoms with van der Waals surface area (Å²) in [5, 5.41) is 16.2. The molecule has 10 heteroatoms. The average molecular weight is 464 g/mol. The summed E-state index contributed by atoms with van der Waals surface area (Å²) in [4.78, 5) is 10.4. The predicted octanol–water partition coefficient (Wildman–Crippen LogP) is 3.57. The van der Waals surface area contributed by atoms with Crippen molar-refractivity contribution < 1.29 is 18.6 Å². The van der Waals surface area contributed by atoms with Gasteiger partial charge in [-0.1, -0.05) is 17.7 Å². The first kappa shape index (κ1) is 22.6. The number of nitrogens with zero attached hydrogens (tertiary/aromatic N) is 5. The van der Waals surface area contributed by atoms with Crippen molar-refractivity contribution in [2.24, 2.45) is 0 Å². The molecule has 0 saturated carbocycles. The lowest BCUT2D eigenvalue weighted by molar-refractivity contribution is -0.145. The first-order chi connectivity index (χ1) is 15.3. The van der Waals surface area contributed by atoms with E-state index >= 15 is 0 Å². The molecule has 1 aliphatic rings. The Kier molecular flexibility index (Phi) is 6.68. The van der Waals surface area contributed by atoms with Crippen LogP contribution in [-0.2, 0) is 16.9 Å². The third-order valence-electron chi connectivity index (χ3n) is 5.81. The van der Waals surface area contributed by atoms with Gasteiger partial charge in [-0.25, -0.2) is 23.4 Å². The van der Waals surface area contributed by atoms with Crippen molar-refractivity contribution in [2.75, 3.05) is 18.0 Å². The van der Waals surface area contributed by atoms with Crippen LogP contribution in [0.1, 0.15) is 25.3 Å². The second kappa shape index (κ2) is 9.48. The van der Waals surface area contributed by atoms with Crippen molar-refractivity contribution in [1.29, 1.82) is 0 Å². The van der Waals surface area contributed by atoms with Crippen LogP contribution >= 0.6 is 11.6 Å². The van der Waals surface area contributed by atoms with E-state index in [-0.39, 0.29) is 18.2 Å². The fraction of sp³-hybridized carbons (Fsp3) is 0.409. The van der Waals surface area contributed by atoms with E-state index in [1.807, 2.05) is 6.07 Å². The van der Waals surface area contributed by atoms with Crippen LogP contribution in [-0.4, -0.2) is 50.2 Å². The van der Waals surface area contributed by atoms with Gasteiger partial charge in [0.15, 0.2) is 0 Å². The van der Waals surface area contributed by atoms with E-state index in [1.165, 1.54) is 23.4 Å². The lowest BCUT2D eigenvalue weighted by Gasteiger charge is -2.39. The van der Waals surface area contributed by atoms with E-state index in [0.717, 1.165) is 31.0 Å². The lowest BCUT2D eigenvalue weighted by Crippen LogP contribution is -2.47. The van der Waals surface area contributed by atoms with Crippen LogP contribution in [0.4, 0.5) is 14.6 Å². The summed E-state index contributed by atoms with van der Waals surface area (Å²) >= 11 is 5.91. The topological polar surface area (TPSA) is 76.3 Å². The first-order valence-corrected chi connectivity index (χ1v) is 10.8. The van der Waals surface area contributed by atoms with Gasteiger partial charge in [0.25, 0.3) is 0 Å². The van der Waals surface area contributed by atoms with Gasteiger partial charge in [-0.15, -0.1) is 0 Å². The third-order valence-corrected chi connectivity index (χ3v) is 6.04. The minimum atomic E-state index is -1.78. The molecule has 1 fully saturated rings. The smallest absolute Gasteiger partial charge is 0.138 e. The number of halogens is 3. The highest BCUT2D eigenvalue weighted by atomic mass is 35.5. The molecule has 3 aromatic rings. The van der Waals surface area contributed by atoms with Gasteiger partial charge in [-0.2, -0.15) is 5.10 Å². The SMILES string of the molecule is C[C@@H](OC1CCN(c2ccc(Cl)cn2)CC1)[C@](O)(Cn1cncn1)c1ccc(F)cc1F. The van der Waals surface area contributed by atoms with Crippen molar-refractivity contribution in [3.63, 3.8) is 0 Å². The van der Waals surface area contributed by atoms with Crippen LogP contribution in [0, 0.1) is 11.6 Å². The summed E-state index contributed by atoms with van der Waals surface area (Å²) in [5.41, 5.74) is -1.83. The Labute approximate surface area is 189 Å². The number of piperidine rings is 1. The van der Waals surface area contributed by atoms with Crippen molar-refractivity contribution >= 4 is 17.4 Å². The summed E-state index contributed by atoms with van der Waals surface area (Å²) in [6.45, 7) is 3.04. The summed E-state index contributed by atoms with van der Waals surface area (Å²) < 4.78 is 35.8. The highest BCUT2D eigenvalue weighted by Crippen LogP contribution is 2.33. The molecule has 3 heterocycles. The molecule has 1 saturated heterocycles. The first-order valence-electron chi connectivity index (χ1n) is 10.4. The van der Waals surface area contributed by atoms with Gasteiger partial charge < -0.3 is 14.7 Å². The molecule has 0 spiro atoms. The Morgan fingerprint density at radius 2 is 2.03 bits per heavy atom. The van der Waals surface area contributed by atoms with Crippen molar-refractivity contribution in [1.82, 2.24) is 19.7 Å². The third kappa shape index (κ3) is 4.90.